The molecule has 1 aliphatic heterocycles. The number of rotatable bonds is 5. The predicted molar refractivity (Wildman–Crippen MR) is 107 cm³/mol. The largest absolute Gasteiger partial charge is 0.462 e. The molecule has 142 valence electrons. The summed E-state index contributed by atoms with van der Waals surface area (Å²) in [5.74, 6) is 0.662. The number of benzene rings is 2. The van der Waals surface area contributed by atoms with Gasteiger partial charge in [-0.2, -0.15) is 10.1 Å². The topological polar surface area (TPSA) is 80.2 Å². The predicted octanol–water partition coefficient (Wildman–Crippen LogP) is 3.88. The lowest BCUT2D eigenvalue weighted by Crippen LogP contribution is -2.25. The smallest absolute Gasteiger partial charge is 0.340 e. The molecule has 0 bridgehead atoms. The lowest BCUT2D eigenvalue weighted by Gasteiger charge is -2.30. The molecule has 0 unspecified atom stereocenters. The molecule has 1 aromatic heterocycles. The molecule has 0 saturated carbocycles. The van der Waals surface area contributed by atoms with Crippen LogP contribution in [-0.2, 0) is 11.2 Å². The molecule has 7 nitrogen and oxygen atoms in total. The van der Waals surface area contributed by atoms with E-state index in [4.69, 9.17) is 4.74 Å². The highest BCUT2D eigenvalue weighted by Gasteiger charge is 2.20. The Morgan fingerprint density at radius 1 is 1.18 bits per heavy atom. The van der Waals surface area contributed by atoms with E-state index >= 15 is 0 Å². The number of nitrogens with one attached hydrogen (secondary N) is 1. The zero-order chi connectivity index (χ0) is 19.3. The summed E-state index contributed by atoms with van der Waals surface area (Å²) in [6.45, 7) is 2.96. The third-order valence-electron chi connectivity index (χ3n) is 4.60. The number of anilines is 4. The first-order valence-electron chi connectivity index (χ1n) is 9.34. The number of carbonyl (C=O) groups excluding carboxylic acids is 1. The van der Waals surface area contributed by atoms with Gasteiger partial charge in [0.1, 0.15) is 0 Å². The van der Waals surface area contributed by atoms with Gasteiger partial charge in [-0.3, -0.25) is 0 Å². The number of ether oxygens (including phenoxy) is 1. The molecule has 0 aliphatic carbocycles. The molecule has 7 heteroatoms. The van der Waals surface area contributed by atoms with Gasteiger partial charge in [0.25, 0.3) is 0 Å². The van der Waals surface area contributed by atoms with Gasteiger partial charge in [-0.25, -0.2) is 4.79 Å². The maximum absolute atomic E-state index is 12.2. The van der Waals surface area contributed by atoms with Crippen LogP contribution in [0.3, 0.4) is 0 Å². The monoisotopic (exact) mass is 375 g/mol. The van der Waals surface area contributed by atoms with Crippen molar-refractivity contribution in [2.45, 2.75) is 19.8 Å². The highest BCUT2D eigenvalue weighted by Crippen LogP contribution is 2.32. The first-order valence-corrected chi connectivity index (χ1v) is 9.34. The van der Waals surface area contributed by atoms with Crippen molar-refractivity contribution in [3.05, 3.63) is 65.9 Å². The lowest BCUT2D eigenvalue weighted by molar-refractivity contribution is 0.0527. The van der Waals surface area contributed by atoms with Crippen LogP contribution in [-0.4, -0.2) is 34.3 Å². The molecule has 0 amide bonds. The van der Waals surface area contributed by atoms with Gasteiger partial charge in [-0.15, -0.1) is 5.10 Å². The number of fused-ring (bicyclic) bond motifs is 1. The standard InChI is InChI=1S/C21H21N5O2/c1-2-28-20(27)16-10-4-5-11-17(16)23-21-24-19(14-22-25-21)26-13-7-9-15-8-3-6-12-18(15)26/h3-6,8,10-12,14H,2,7,9,13H2,1H3,(H,23,24,25). The van der Waals surface area contributed by atoms with Crippen molar-refractivity contribution in [2.24, 2.45) is 0 Å². The fourth-order valence-corrected chi connectivity index (χ4v) is 3.35. The van der Waals surface area contributed by atoms with E-state index in [0.717, 1.165) is 30.9 Å². The third-order valence-corrected chi connectivity index (χ3v) is 4.60. The Balaban J connectivity index is 1.62. The summed E-state index contributed by atoms with van der Waals surface area (Å²) in [4.78, 5) is 19.0. The van der Waals surface area contributed by atoms with Crippen molar-refractivity contribution in [1.82, 2.24) is 15.2 Å². The average Bonchev–Trinajstić information content (AvgIpc) is 2.74. The van der Waals surface area contributed by atoms with Crippen LogP contribution in [0.15, 0.2) is 54.7 Å². The van der Waals surface area contributed by atoms with E-state index in [1.54, 1.807) is 31.3 Å². The van der Waals surface area contributed by atoms with E-state index < -0.39 is 0 Å². The molecule has 0 atom stereocenters. The summed E-state index contributed by atoms with van der Waals surface area (Å²) >= 11 is 0. The molecule has 2 heterocycles. The molecule has 3 aromatic rings. The van der Waals surface area contributed by atoms with Crippen molar-refractivity contribution in [1.29, 1.82) is 0 Å². The maximum atomic E-state index is 12.2. The zero-order valence-electron chi connectivity index (χ0n) is 15.6. The van der Waals surface area contributed by atoms with Crippen molar-refractivity contribution in [3.8, 4) is 0 Å². The van der Waals surface area contributed by atoms with E-state index in [1.165, 1.54) is 5.56 Å². The summed E-state index contributed by atoms with van der Waals surface area (Å²) in [6, 6.07) is 15.4. The van der Waals surface area contributed by atoms with Crippen LogP contribution in [0.5, 0.6) is 0 Å². The molecule has 0 radical (unpaired) electrons. The minimum atomic E-state index is -0.389. The summed E-state index contributed by atoms with van der Waals surface area (Å²) in [5.41, 5.74) is 3.46. The number of nitrogens with zero attached hydrogens (tertiary/aromatic N) is 4. The van der Waals surface area contributed by atoms with Gasteiger partial charge in [0.2, 0.25) is 5.95 Å². The molecule has 1 aliphatic rings. The Morgan fingerprint density at radius 3 is 2.89 bits per heavy atom. The van der Waals surface area contributed by atoms with Gasteiger partial charge in [0.05, 0.1) is 24.1 Å². The highest BCUT2D eigenvalue weighted by molar-refractivity contribution is 5.96. The van der Waals surface area contributed by atoms with E-state index in [-0.39, 0.29) is 5.97 Å². The summed E-state index contributed by atoms with van der Waals surface area (Å²) < 4.78 is 5.12. The van der Waals surface area contributed by atoms with Gasteiger partial charge >= 0.3 is 5.97 Å². The zero-order valence-corrected chi connectivity index (χ0v) is 15.6. The van der Waals surface area contributed by atoms with Crippen molar-refractivity contribution in [2.75, 3.05) is 23.4 Å². The Morgan fingerprint density at radius 2 is 2.00 bits per heavy atom. The minimum Gasteiger partial charge on any atom is -0.462 e. The highest BCUT2D eigenvalue weighted by atomic mass is 16.5. The molecule has 2 aromatic carbocycles. The molecule has 0 fully saturated rings. The molecule has 4 rings (SSSR count). The van der Waals surface area contributed by atoms with E-state index in [0.29, 0.717) is 23.8 Å². The Hall–Kier alpha value is -3.48. The van der Waals surface area contributed by atoms with Crippen LogP contribution >= 0.6 is 0 Å². The quantitative estimate of drug-likeness (QED) is 0.678. The van der Waals surface area contributed by atoms with Crippen LogP contribution in [0.2, 0.25) is 0 Å². The second-order valence-electron chi connectivity index (χ2n) is 6.41. The van der Waals surface area contributed by atoms with Crippen molar-refractivity contribution in [3.63, 3.8) is 0 Å². The van der Waals surface area contributed by atoms with E-state index in [2.05, 4.69) is 43.6 Å². The van der Waals surface area contributed by atoms with Crippen molar-refractivity contribution >= 4 is 29.1 Å². The van der Waals surface area contributed by atoms with Gasteiger partial charge in [-0.1, -0.05) is 30.3 Å². The van der Waals surface area contributed by atoms with E-state index in [1.807, 2.05) is 12.1 Å². The maximum Gasteiger partial charge on any atom is 0.340 e. The summed E-state index contributed by atoms with van der Waals surface area (Å²) in [5, 5.41) is 11.3. The van der Waals surface area contributed by atoms with Crippen LogP contribution in [0.25, 0.3) is 0 Å². The van der Waals surface area contributed by atoms with E-state index in [9.17, 15) is 4.79 Å². The van der Waals surface area contributed by atoms with Crippen molar-refractivity contribution < 1.29 is 9.53 Å². The van der Waals surface area contributed by atoms with Gasteiger partial charge in [-0.05, 0) is 43.5 Å². The number of aromatic nitrogens is 3. The molecule has 28 heavy (non-hydrogen) atoms. The molecule has 0 spiro atoms. The fourth-order valence-electron chi connectivity index (χ4n) is 3.35. The Kier molecular flexibility index (Phi) is 5.14. The first-order chi connectivity index (χ1) is 13.8. The molecular weight excluding hydrogens is 354 g/mol. The first kappa shape index (κ1) is 17.9. The second kappa shape index (κ2) is 8.04. The number of esters is 1. The van der Waals surface area contributed by atoms with Gasteiger partial charge < -0.3 is 15.0 Å². The number of aryl methyl sites for hydroxylation is 1. The summed E-state index contributed by atoms with van der Waals surface area (Å²) in [6.07, 6.45) is 3.77. The Labute approximate surface area is 163 Å². The third kappa shape index (κ3) is 3.64. The molecule has 1 N–H and O–H groups in total. The minimum absolute atomic E-state index is 0.315. The van der Waals surface area contributed by atoms with Gasteiger partial charge in [0, 0.05) is 12.2 Å². The van der Waals surface area contributed by atoms with Gasteiger partial charge in [0.15, 0.2) is 5.82 Å². The Bertz CT molecular complexity index is 992. The number of hydrogen-bond acceptors (Lipinski definition) is 7. The molecule has 0 saturated heterocycles. The van der Waals surface area contributed by atoms with Crippen LogP contribution in [0, 0.1) is 0 Å². The SMILES string of the molecule is CCOC(=O)c1ccccc1Nc1nncc(N2CCCc3ccccc32)n1. The van der Waals surface area contributed by atoms with Crippen LogP contribution in [0.1, 0.15) is 29.3 Å². The number of para-hydroxylation sites is 2. The lowest BCUT2D eigenvalue weighted by atomic mass is 10.0. The number of hydrogen-bond donors (Lipinski definition) is 1. The van der Waals surface area contributed by atoms with Crippen LogP contribution in [0.4, 0.5) is 23.1 Å². The molecular formula is C21H21N5O2. The second-order valence-corrected chi connectivity index (χ2v) is 6.41. The average molecular weight is 375 g/mol. The fraction of sp³-hybridized carbons (Fsp3) is 0.238. The normalized spacial score (nSPS) is 13.0. The summed E-state index contributed by atoms with van der Waals surface area (Å²) in [7, 11) is 0. The number of carbonyl (C=O) groups is 1. The van der Waals surface area contributed by atoms with Crippen LogP contribution < -0.4 is 10.2 Å².